The maximum atomic E-state index is 12.9. The van der Waals surface area contributed by atoms with Gasteiger partial charge in [-0.05, 0) is 54.6 Å². The van der Waals surface area contributed by atoms with E-state index in [0.717, 1.165) is 16.7 Å². The first kappa shape index (κ1) is 24.0. The van der Waals surface area contributed by atoms with E-state index in [1.54, 1.807) is 42.5 Å². The maximum Gasteiger partial charge on any atom is 0.343 e. The van der Waals surface area contributed by atoms with Crippen LogP contribution in [0.25, 0.3) is 6.08 Å². The molecule has 10 heteroatoms. The minimum atomic E-state index is -0.524. The van der Waals surface area contributed by atoms with Crippen LogP contribution in [0.15, 0.2) is 41.3 Å². The number of rotatable bonds is 8. The summed E-state index contributed by atoms with van der Waals surface area (Å²) in [6.07, 6.45) is 1.59. The number of ether oxygens (including phenoxy) is 3. The Labute approximate surface area is 199 Å². The van der Waals surface area contributed by atoms with Crippen molar-refractivity contribution >= 4 is 58.2 Å². The summed E-state index contributed by atoms with van der Waals surface area (Å²) in [6.45, 7) is 1.89. The number of halogens is 2. The molecule has 32 heavy (non-hydrogen) atoms. The van der Waals surface area contributed by atoms with E-state index >= 15 is 0 Å². The molecule has 1 fully saturated rings. The quantitative estimate of drug-likeness (QED) is 0.368. The number of carbonyl (C=O) groups excluding carboxylic acids is 3. The van der Waals surface area contributed by atoms with Gasteiger partial charge in [0.05, 0.1) is 25.2 Å². The smallest absolute Gasteiger partial charge is 0.343 e. The van der Waals surface area contributed by atoms with Gasteiger partial charge in [-0.2, -0.15) is 0 Å². The number of benzene rings is 2. The second-order valence-electron chi connectivity index (χ2n) is 6.47. The molecule has 0 saturated carbocycles. The zero-order valence-electron chi connectivity index (χ0n) is 17.2. The standard InChI is InChI=1S/C22H19Cl2NO6S/c1-3-30-18-9-13(7-8-17(18)31-12-20(26)29-2)10-19-21(27)25(22(28)32-19)11-14-15(23)5-4-6-16(14)24/h4-10H,3,11-12H2,1-2H3/b19-10-. The van der Waals surface area contributed by atoms with Crippen LogP contribution in [0.2, 0.25) is 10.0 Å². The van der Waals surface area contributed by atoms with Crippen molar-refractivity contribution in [1.29, 1.82) is 0 Å². The fraction of sp³-hybridized carbons (Fsp3) is 0.227. The van der Waals surface area contributed by atoms with Gasteiger partial charge in [0.15, 0.2) is 18.1 Å². The van der Waals surface area contributed by atoms with E-state index < -0.39 is 17.1 Å². The topological polar surface area (TPSA) is 82.1 Å². The Bertz CT molecular complexity index is 1070. The summed E-state index contributed by atoms with van der Waals surface area (Å²) in [4.78, 5) is 38.0. The van der Waals surface area contributed by atoms with Crippen molar-refractivity contribution in [1.82, 2.24) is 4.90 Å². The van der Waals surface area contributed by atoms with Gasteiger partial charge in [-0.3, -0.25) is 14.5 Å². The molecule has 0 spiro atoms. The summed E-state index contributed by atoms with van der Waals surface area (Å²) in [6, 6.07) is 9.96. The average molecular weight is 496 g/mol. The zero-order valence-corrected chi connectivity index (χ0v) is 19.6. The monoisotopic (exact) mass is 495 g/mol. The largest absolute Gasteiger partial charge is 0.490 e. The van der Waals surface area contributed by atoms with Crippen LogP contribution in [-0.4, -0.2) is 42.3 Å². The molecule has 0 atom stereocenters. The lowest BCUT2D eigenvalue weighted by Gasteiger charge is -2.14. The highest BCUT2D eigenvalue weighted by atomic mass is 35.5. The molecule has 2 aromatic carbocycles. The van der Waals surface area contributed by atoms with Crippen molar-refractivity contribution in [2.24, 2.45) is 0 Å². The number of thioether (sulfide) groups is 1. The number of hydrogen-bond donors (Lipinski definition) is 0. The summed E-state index contributed by atoms with van der Waals surface area (Å²) in [5.74, 6) is -0.216. The number of nitrogens with zero attached hydrogens (tertiary/aromatic N) is 1. The first-order valence-electron chi connectivity index (χ1n) is 9.48. The average Bonchev–Trinajstić information content (AvgIpc) is 3.02. The van der Waals surface area contributed by atoms with Gasteiger partial charge in [0.2, 0.25) is 0 Å². The molecule has 0 radical (unpaired) electrons. The third-order valence-electron chi connectivity index (χ3n) is 4.39. The number of hydrogen-bond acceptors (Lipinski definition) is 7. The van der Waals surface area contributed by atoms with Gasteiger partial charge >= 0.3 is 5.97 Å². The van der Waals surface area contributed by atoms with E-state index in [2.05, 4.69) is 4.74 Å². The molecule has 1 heterocycles. The molecule has 0 aromatic heterocycles. The minimum absolute atomic E-state index is 0.0228. The van der Waals surface area contributed by atoms with Crippen LogP contribution in [0.1, 0.15) is 18.1 Å². The van der Waals surface area contributed by atoms with E-state index in [1.165, 1.54) is 7.11 Å². The number of imide groups is 1. The van der Waals surface area contributed by atoms with Crippen LogP contribution in [0.3, 0.4) is 0 Å². The molecule has 1 saturated heterocycles. The molecule has 0 aliphatic carbocycles. The molecular weight excluding hydrogens is 477 g/mol. The Hall–Kier alpha value is -2.68. The fourth-order valence-corrected chi connectivity index (χ4v) is 4.18. The molecule has 1 aliphatic rings. The van der Waals surface area contributed by atoms with Crippen LogP contribution in [0.5, 0.6) is 11.5 Å². The lowest BCUT2D eigenvalue weighted by atomic mass is 10.1. The van der Waals surface area contributed by atoms with Gasteiger partial charge in [0, 0.05) is 15.6 Å². The van der Waals surface area contributed by atoms with E-state index in [0.29, 0.717) is 39.3 Å². The highest BCUT2D eigenvalue weighted by molar-refractivity contribution is 8.18. The van der Waals surface area contributed by atoms with Crippen molar-refractivity contribution in [3.63, 3.8) is 0 Å². The van der Waals surface area contributed by atoms with Crippen LogP contribution in [0, 0.1) is 0 Å². The highest BCUT2D eigenvalue weighted by Crippen LogP contribution is 2.37. The fourth-order valence-electron chi connectivity index (χ4n) is 2.83. The number of amides is 2. The predicted octanol–water partition coefficient (Wildman–Crippen LogP) is 5.18. The Morgan fingerprint density at radius 3 is 2.47 bits per heavy atom. The second kappa shape index (κ2) is 10.8. The molecule has 3 rings (SSSR count). The van der Waals surface area contributed by atoms with Gasteiger partial charge in [0.25, 0.3) is 11.1 Å². The van der Waals surface area contributed by atoms with Gasteiger partial charge in [-0.15, -0.1) is 0 Å². The summed E-state index contributed by atoms with van der Waals surface area (Å²) in [5.41, 5.74) is 1.13. The Morgan fingerprint density at radius 1 is 1.09 bits per heavy atom. The molecule has 0 bridgehead atoms. The van der Waals surface area contributed by atoms with Gasteiger partial charge in [-0.25, -0.2) is 4.79 Å². The van der Waals surface area contributed by atoms with Gasteiger partial charge in [0.1, 0.15) is 0 Å². The molecular formula is C22H19Cl2NO6S. The molecule has 7 nitrogen and oxygen atoms in total. The SMILES string of the molecule is CCOc1cc(/C=C2\SC(=O)N(Cc3c(Cl)cccc3Cl)C2=O)ccc1OCC(=O)OC. The lowest BCUT2D eigenvalue weighted by molar-refractivity contribution is -0.142. The molecule has 1 aliphatic heterocycles. The van der Waals surface area contributed by atoms with Crippen molar-refractivity contribution in [2.75, 3.05) is 20.3 Å². The summed E-state index contributed by atoms with van der Waals surface area (Å²) in [7, 11) is 1.27. The predicted molar refractivity (Wildman–Crippen MR) is 123 cm³/mol. The molecule has 2 aromatic rings. The summed E-state index contributed by atoms with van der Waals surface area (Å²) >= 11 is 13.2. The maximum absolute atomic E-state index is 12.9. The van der Waals surface area contributed by atoms with E-state index in [1.807, 2.05) is 6.92 Å². The van der Waals surface area contributed by atoms with Crippen LogP contribution < -0.4 is 9.47 Å². The minimum Gasteiger partial charge on any atom is -0.490 e. The Morgan fingerprint density at radius 2 is 1.81 bits per heavy atom. The van der Waals surface area contributed by atoms with Crippen LogP contribution >= 0.6 is 35.0 Å². The Kier molecular flexibility index (Phi) is 8.06. The van der Waals surface area contributed by atoms with Crippen LogP contribution in [0.4, 0.5) is 4.79 Å². The third-order valence-corrected chi connectivity index (χ3v) is 6.01. The van der Waals surface area contributed by atoms with Crippen molar-refractivity contribution < 1.29 is 28.6 Å². The van der Waals surface area contributed by atoms with Crippen molar-refractivity contribution in [3.8, 4) is 11.5 Å². The molecule has 168 valence electrons. The first-order chi connectivity index (χ1) is 15.3. The van der Waals surface area contributed by atoms with E-state index in [9.17, 15) is 14.4 Å². The lowest BCUT2D eigenvalue weighted by Crippen LogP contribution is -2.27. The number of esters is 1. The third kappa shape index (κ3) is 5.56. The molecule has 2 amide bonds. The van der Waals surface area contributed by atoms with Gasteiger partial charge < -0.3 is 14.2 Å². The number of carbonyl (C=O) groups is 3. The van der Waals surface area contributed by atoms with E-state index in [-0.39, 0.29) is 18.1 Å². The zero-order chi connectivity index (χ0) is 23.3. The Balaban J connectivity index is 1.81. The van der Waals surface area contributed by atoms with Crippen molar-refractivity contribution in [3.05, 3.63) is 62.5 Å². The van der Waals surface area contributed by atoms with Crippen molar-refractivity contribution in [2.45, 2.75) is 13.5 Å². The first-order valence-corrected chi connectivity index (χ1v) is 11.1. The molecule has 0 unspecified atom stereocenters. The normalized spacial score (nSPS) is 14.8. The number of methoxy groups -OCH3 is 1. The highest BCUT2D eigenvalue weighted by Gasteiger charge is 2.35. The van der Waals surface area contributed by atoms with Crippen LogP contribution in [-0.2, 0) is 20.9 Å². The van der Waals surface area contributed by atoms with Gasteiger partial charge in [-0.1, -0.05) is 35.3 Å². The summed E-state index contributed by atoms with van der Waals surface area (Å²) in [5, 5.41) is 0.342. The second-order valence-corrected chi connectivity index (χ2v) is 8.28. The van der Waals surface area contributed by atoms with E-state index in [4.69, 9.17) is 32.7 Å². The molecule has 0 N–H and O–H groups in total. The summed E-state index contributed by atoms with van der Waals surface area (Å²) < 4.78 is 15.6.